The number of likely N-dealkylation sites (N-methyl/N-ethyl adjacent to an activating group) is 1. The van der Waals surface area contributed by atoms with E-state index < -0.39 is 0 Å². The summed E-state index contributed by atoms with van der Waals surface area (Å²) >= 11 is 1.90. The Labute approximate surface area is 116 Å². The average Bonchev–Trinajstić information content (AvgIpc) is 3.16. The lowest BCUT2D eigenvalue weighted by Gasteiger charge is -2.26. The summed E-state index contributed by atoms with van der Waals surface area (Å²) in [5.41, 5.74) is 0.301. The SMILES string of the molecule is CCC1(CC)CSC(=NCC(C)N(C)C2CC2)N1. The fourth-order valence-electron chi connectivity index (χ4n) is 2.41. The largest absolute Gasteiger partial charge is 0.359 e. The van der Waals surface area contributed by atoms with E-state index in [1.807, 2.05) is 11.8 Å². The Hall–Kier alpha value is -0.220. The second-order valence-corrected chi connectivity index (χ2v) is 6.76. The molecule has 4 heteroatoms. The van der Waals surface area contributed by atoms with E-state index in [0.29, 0.717) is 11.6 Å². The molecule has 0 amide bonds. The molecule has 18 heavy (non-hydrogen) atoms. The van der Waals surface area contributed by atoms with Crippen molar-refractivity contribution in [3.8, 4) is 0 Å². The van der Waals surface area contributed by atoms with E-state index in [0.717, 1.165) is 17.8 Å². The van der Waals surface area contributed by atoms with Crippen molar-refractivity contribution in [2.75, 3.05) is 19.3 Å². The minimum absolute atomic E-state index is 0.301. The van der Waals surface area contributed by atoms with Crippen LogP contribution in [0.1, 0.15) is 46.5 Å². The van der Waals surface area contributed by atoms with Gasteiger partial charge in [0, 0.05) is 23.4 Å². The highest BCUT2D eigenvalue weighted by Gasteiger charge is 2.34. The molecule has 2 fully saturated rings. The highest BCUT2D eigenvalue weighted by molar-refractivity contribution is 8.14. The monoisotopic (exact) mass is 269 g/mol. The van der Waals surface area contributed by atoms with Gasteiger partial charge in [-0.3, -0.25) is 9.89 Å². The summed E-state index contributed by atoms with van der Waals surface area (Å²) in [6.07, 6.45) is 5.12. The summed E-state index contributed by atoms with van der Waals surface area (Å²) in [7, 11) is 2.24. The number of amidine groups is 1. The van der Waals surface area contributed by atoms with Gasteiger partial charge in [-0.05, 0) is 39.7 Å². The van der Waals surface area contributed by atoms with Gasteiger partial charge in [0.25, 0.3) is 0 Å². The van der Waals surface area contributed by atoms with E-state index >= 15 is 0 Å². The maximum atomic E-state index is 4.77. The number of aliphatic imine (C=N–C) groups is 1. The van der Waals surface area contributed by atoms with E-state index in [1.54, 1.807) is 0 Å². The quantitative estimate of drug-likeness (QED) is 0.803. The summed E-state index contributed by atoms with van der Waals surface area (Å²) in [6, 6.07) is 1.39. The number of hydrogen-bond acceptors (Lipinski definition) is 3. The third-order valence-corrected chi connectivity index (χ3v) is 5.73. The van der Waals surface area contributed by atoms with Crippen molar-refractivity contribution in [3.63, 3.8) is 0 Å². The predicted molar refractivity (Wildman–Crippen MR) is 81.5 cm³/mol. The first-order chi connectivity index (χ1) is 8.60. The van der Waals surface area contributed by atoms with Gasteiger partial charge >= 0.3 is 0 Å². The molecule has 1 aliphatic heterocycles. The normalized spacial score (nSPS) is 26.6. The summed E-state index contributed by atoms with van der Waals surface area (Å²) in [4.78, 5) is 7.26. The van der Waals surface area contributed by atoms with Gasteiger partial charge in [0.05, 0.1) is 6.54 Å². The minimum atomic E-state index is 0.301. The first-order valence-corrected chi connectivity index (χ1v) is 8.26. The lowest BCUT2D eigenvalue weighted by atomic mass is 9.96. The predicted octanol–water partition coefficient (Wildman–Crippen LogP) is 2.72. The third kappa shape index (κ3) is 3.21. The molecule has 0 radical (unpaired) electrons. The molecule has 2 aliphatic rings. The van der Waals surface area contributed by atoms with Crippen LogP contribution in [-0.4, -0.2) is 47.0 Å². The van der Waals surface area contributed by atoms with E-state index in [1.165, 1.54) is 31.4 Å². The Morgan fingerprint density at radius 2 is 2.11 bits per heavy atom. The summed E-state index contributed by atoms with van der Waals surface area (Å²) in [5, 5.41) is 4.80. The van der Waals surface area contributed by atoms with Gasteiger partial charge < -0.3 is 5.32 Å². The molecule has 3 nitrogen and oxygen atoms in total. The van der Waals surface area contributed by atoms with E-state index in [-0.39, 0.29) is 0 Å². The van der Waals surface area contributed by atoms with Crippen LogP contribution in [0.4, 0.5) is 0 Å². The van der Waals surface area contributed by atoms with Gasteiger partial charge in [0.15, 0.2) is 5.17 Å². The van der Waals surface area contributed by atoms with Crippen LogP contribution in [-0.2, 0) is 0 Å². The van der Waals surface area contributed by atoms with Gasteiger partial charge in [0.2, 0.25) is 0 Å². The zero-order chi connectivity index (χ0) is 13.2. The number of thioether (sulfide) groups is 1. The van der Waals surface area contributed by atoms with Gasteiger partial charge in [-0.15, -0.1) is 0 Å². The summed E-state index contributed by atoms with van der Waals surface area (Å²) in [6.45, 7) is 7.74. The molecule has 1 aliphatic carbocycles. The molecule has 0 bridgehead atoms. The molecule has 0 aromatic carbocycles. The van der Waals surface area contributed by atoms with Crippen LogP contribution in [0.25, 0.3) is 0 Å². The van der Waals surface area contributed by atoms with Gasteiger partial charge in [-0.1, -0.05) is 25.6 Å². The standard InChI is InChI=1S/C14H27N3S/c1-5-14(6-2)10-18-13(16-14)15-9-11(3)17(4)12-7-8-12/h11-12H,5-10H2,1-4H3,(H,15,16). The molecule has 0 aromatic heterocycles. The van der Waals surface area contributed by atoms with Gasteiger partial charge in [0.1, 0.15) is 0 Å². The number of rotatable bonds is 6. The Morgan fingerprint density at radius 3 is 2.61 bits per heavy atom. The minimum Gasteiger partial charge on any atom is -0.359 e. The molecular formula is C14H27N3S. The second kappa shape index (κ2) is 5.83. The molecule has 0 spiro atoms. The smallest absolute Gasteiger partial charge is 0.157 e. The van der Waals surface area contributed by atoms with Crippen LogP contribution in [0, 0.1) is 0 Å². The van der Waals surface area contributed by atoms with Crippen LogP contribution in [0.15, 0.2) is 4.99 Å². The molecule has 1 heterocycles. The fraction of sp³-hybridized carbons (Fsp3) is 0.929. The highest BCUT2D eigenvalue weighted by atomic mass is 32.2. The van der Waals surface area contributed by atoms with Crippen molar-refractivity contribution in [3.05, 3.63) is 0 Å². The zero-order valence-electron chi connectivity index (χ0n) is 12.2. The molecule has 1 unspecified atom stereocenters. The first-order valence-electron chi connectivity index (χ1n) is 7.27. The van der Waals surface area contributed by atoms with E-state index in [2.05, 4.69) is 38.0 Å². The first kappa shape index (κ1) is 14.2. The Morgan fingerprint density at radius 1 is 1.44 bits per heavy atom. The molecule has 2 rings (SSSR count). The van der Waals surface area contributed by atoms with Crippen molar-refractivity contribution in [1.82, 2.24) is 10.2 Å². The van der Waals surface area contributed by atoms with Crippen LogP contribution in [0.5, 0.6) is 0 Å². The third-order valence-electron chi connectivity index (χ3n) is 4.53. The molecule has 1 saturated carbocycles. The van der Waals surface area contributed by atoms with Crippen LogP contribution < -0.4 is 5.32 Å². The van der Waals surface area contributed by atoms with Crippen molar-refractivity contribution >= 4 is 16.9 Å². The lowest BCUT2D eigenvalue weighted by Crippen LogP contribution is -2.42. The maximum absolute atomic E-state index is 4.77. The molecular weight excluding hydrogens is 242 g/mol. The van der Waals surface area contributed by atoms with Gasteiger partial charge in [-0.2, -0.15) is 0 Å². The maximum Gasteiger partial charge on any atom is 0.157 e. The van der Waals surface area contributed by atoms with Crippen molar-refractivity contribution < 1.29 is 0 Å². The number of hydrogen-bond donors (Lipinski definition) is 1. The lowest BCUT2D eigenvalue weighted by molar-refractivity contribution is 0.253. The Bertz CT molecular complexity index is 308. The molecule has 1 saturated heterocycles. The molecule has 1 N–H and O–H groups in total. The Balaban J connectivity index is 1.83. The molecule has 104 valence electrons. The highest BCUT2D eigenvalue weighted by Crippen LogP contribution is 2.29. The average molecular weight is 269 g/mol. The van der Waals surface area contributed by atoms with Crippen molar-refractivity contribution in [2.45, 2.75) is 64.1 Å². The van der Waals surface area contributed by atoms with Gasteiger partial charge in [-0.25, -0.2) is 0 Å². The van der Waals surface area contributed by atoms with Crippen LogP contribution in [0.2, 0.25) is 0 Å². The Kier molecular flexibility index (Phi) is 4.59. The van der Waals surface area contributed by atoms with Crippen molar-refractivity contribution in [2.24, 2.45) is 4.99 Å². The summed E-state index contributed by atoms with van der Waals surface area (Å²) < 4.78 is 0. The van der Waals surface area contributed by atoms with E-state index in [9.17, 15) is 0 Å². The number of nitrogens with one attached hydrogen (secondary N) is 1. The summed E-state index contributed by atoms with van der Waals surface area (Å²) in [5.74, 6) is 1.17. The van der Waals surface area contributed by atoms with Crippen LogP contribution in [0.3, 0.4) is 0 Å². The molecule has 0 aromatic rings. The zero-order valence-corrected chi connectivity index (χ0v) is 13.0. The topological polar surface area (TPSA) is 27.6 Å². The van der Waals surface area contributed by atoms with Crippen molar-refractivity contribution in [1.29, 1.82) is 0 Å². The fourth-order valence-corrected chi connectivity index (χ4v) is 3.76. The van der Waals surface area contributed by atoms with Crippen LogP contribution >= 0.6 is 11.8 Å². The number of nitrogens with zero attached hydrogens (tertiary/aromatic N) is 2. The second-order valence-electron chi connectivity index (χ2n) is 5.79. The van der Waals surface area contributed by atoms with E-state index in [4.69, 9.17) is 4.99 Å². The molecule has 1 atom stereocenters.